The first kappa shape index (κ1) is 13.7. The number of rotatable bonds is 4. The van der Waals surface area contributed by atoms with Gasteiger partial charge in [-0.25, -0.2) is 5.84 Å². The number of hydrogen-bond acceptors (Lipinski definition) is 4. The highest BCUT2D eigenvalue weighted by Gasteiger charge is 2.14. The summed E-state index contributed by atoms with van der Waals surface area (Å²) in [6.07, 6.45) is 1.50. The van der Waals surface area contributed by atoms with Gasteiger partial charge in [-0.2, -0.15) is 0 Å². The molecular formula is C14H16N2O2S. The van der Waals surface area contributed by atoms with Crippen LogP contribution in [0.3, 0.4) is 0 Å². The van der Waals surface area contributed by atoms with Crippen molar-refractivity contribution in [1.82, 2.24) is 5.43 Å². The summed E-state index contributed by atoms with van der Waals surface area (Å²) < 4.78 is 5.34. The summed E-state index contributed by atoms with van der Waals surface area (Å²) >= 11 is 1.64. The van der Waals surface area contributed by atoms with Gasteiger partial charge in [0.25, 0.3) is 5.91 Å². The van der Waals surface area contributed by atoms with Crippen molar-refractivity contribution in [1.29, 1.82) is 0 Å². The normalized spacial score (nSPS) is 10.5. The Labute approximate surface area is 116 Å². The van der Waals surface area contributed by atoms with Crippen LogP contribution in [0.15, 0.2) is 39.8 Å². The second-order valence-corrected chi connectivity index (χ2v) is 5.31. The van der Waals surface area contributed by atoms with Crippen LogP contribution >= 0.6 is 11.8 Å². The lowest BCUT2D eigenvalue weighted by Crippen LogP contribution is -2.30. The van der Waals surface area contributed by atoms with E-state index >= 15 is 0 Å². The molecule has 0 bridgehead atoms. The molecule has 1 amide bonds. The van der Waals surface area contributed by atoms with Crippen LogP contribution in [0.1, 0.15) is 27.2 Å². The second-order valence-electron chi connectivity index (χ2n) is 4.29. The molecule has 19 heavy (non-hydrogen) atoms. The molecule has 0 atom stereocenters. The molecule has 5 heteroatoms. The minimum atomic E-state index is -0.329. The number of thioether (sulfide) groups is 1. The van der Waals surface area contributed by atoms with Crippen LogP contribution in [0.2, 0.25) is 0 Å². The van der Waals surface area contributed by atoms with Crippen molar-refractivity contribution in [3.63, 3.8) is 0 Å². The van der Waals surface area contributed by atoms with Gasteiger partial charge in [0.2, 0.25) is 0 Å². The van der Waals surface area contributed by atoms with Gasteiger partial charge in [-0.15, -0.1) is 11.8 Å². The molecule has 100 valence electrons. The van der Waals surface area contributed by atoms with Gasteiger partial charge in [0, 0.05) is 4.90 Å². The van der Waals surface area contributed by atoms with Gasteiger partial charge >= 0.3 is 0 Å². The standard InChI is InChI=1S/C14H16N2O2S/c1-9-3-4-13(10(2)7-9)19-8-12-11(5-6-18-12)14(17)16-15/h3-7H,8,15H2,1-2H3,(H,16,17). The lowest BCUT2D eigenvalue weighted by atomic mass is 10.2. The van der Waals surface area contributed by atoms with Gasteiger partial charge < -0.3 is 4.42 Å². The van der Waals surface area contributed by atoms with Crippen molar-refractivity contribution < 1.29 is 9.21 Å². The Bertz CT molecular complexity index is 593. The first-order valence-corrected chi connectivity index (χ1v) is 6.87. The molecule has 0 unspecified atom stereocenters. The summed E-state index contributed by atoms with van der Waals surface area (Å²) in [4.78, 5) is 12.7. The monoisotopic (exact) mass is 276 g/mol. The van der Waals surface area contributed by atoms with Crippen LogP contribution < -0.4 is 11.3 Å². The molecule has 0 aliphatic rings. The molecule has 0 aliphatic heterocycles. The van der Waals surface area contributed by atoms with Crippen molar-refractivity contribution in [3.8, 4) is 0 Å². The minimum Gasteiger partial charge on any atom is -0.468 e. The zero-order chi connectivity index (χ0) is 13.8. The fraction of sp³-hybridized carbons (Fsp3) is 0.214. The smallest absolute Gasteiger partial charge is 0.268 e. The molecule has 1 aromatic carbocycles. The number of aryl methyl sites for hydroxylation is 2. The molecule has 3 N–H and O–H groups in total. The highest BCUT2D eigenvalue weighted by atomic mass is 32.2. The van der Waals surface area contributed by atoms with E-state index in [4.69, 9.17) is 10.3 Å². The number of furan rings is 1. The van der Waals surface area contributed by atoms with E-state index in [9.17, 15) is 4.79 Å². The highest BCUT2D eigenvalue weighted by Crippen LogP contribution is 2.28. The molecular weight excluding hydrogens is 260 g/mol. The molecule has 0 fully saturated rings. The molecule has 0 radical (unpaired) electrons. The average molecular weight is 276 g/mol. The topological polar surface area (TPSA) is 68.3 Å². The fourth-order valence-corrected chi connectivity index (χ4v) is 2.80. The first-order valence-electron chi connectivity index (χ1n) is 5.89. The maximum atomic E-state index is 11.5. The summed E-state index contributed by atoms with van der Waals surface area (Å²) in [5, 5.41) is 0. The molecule has 2 rings (SSSR count). The Morgan fingerprint density at radius 1 is 1.37 bits per heavy atom. The van der Waals surface area contributed by atoms with E-state index in [2.05, 4.69) is 37.5 Å². The number of amides is 1. The van der Waals surface area contributed by atoms with E-state index in [0.29, 0.717) is 17.1 Å². The Kier molecular flexibility index (Phi) is 4.29. The maximum absolute atomic E-state index is 11.5. The first-order chi connectivity index (χ1) is 9.11. The zero-order valence-corrected chi connectivity index (χ0v) is 11.7. The summed E-state index contributed by atoms with van der Waals surface area (Å²) in [6, 6.07) is 7.92. The van der Waals surface area contributed by atoms with E-state index in [0.717, 1.165) is 0 Å². The van der Waals surface area contributed by atoms with Gasteiger partial charge in [-0.1, -0.05) is 17.7 Å². The Morgan fingerprint density at radius 2 is 2.16 bits per heavy atom. The Hall–Kier alpha value is -1.72. The van der Waals surface area contributed by atoms with Crippen LogP contribution in [0.4, 0.5) is 0 Å². The second kappa shape index (κ2) is 5.95. The van der Waals surface area contributed by atoms with Gasteiger partial charge in [0.1, 0.15) is 5.76 Å². The zero-order valence-electron chi connectivity index (χ0n) is 10.9. The van der Waals surface area contributed by atoms with Crippen LogP contribution in [-0.4, -0.2) is 5.91 Å². The lowest BCUT2D eigenvalue weighted by Gasteiger charge is -2.06. The van der Waals surface area contributed by atoms with Gasteiger partial charge in [0.15, 0.2) is 0 Å². The predicted octanol–water partition coefficient (Wildman–Crippen LogP) is 2.79. The Balaban J connectivity index is 2.10. The molecule has 0 aliphatic carbocycles. The number of benzene rings is 1. The van der Waals surface area contributed by atoms with Crippen molar-refractivity contribution in [3.05, 3.63) is 53.0 Å². The number of carbonyl (C=O) groups excluding carboxylic acids is 1. The van der Waals surface area contributed by atoms with Gasteiger partial charge in [-0.05, 0) is 31.5 Å². The van der Waals surface area contributed by atoms with Gasteiger partial charge in [-0.3, -0.25) is 10.2 Å². The predicted molar refractivity (Wildman–Crippen MR) is 75.8 cm³/mol. The number of nitrogen functional groups attached to an aromatic ring is 1. The minimum absolute atomic E-state index is 0.329. The van der Waals surface area contributed by atoms with Crippen LogP contribution in [-0.2, 0) is 5.75 Å². The number of nitrogens with one attached hydrogen (secondary N) is 1. The van der Waals surface area contributed by atoms with Crippen LogP contribution in [0.5, 0.6) is 0 Å². The molecule has 4 nitrogen and oxygen atoms in total. The van der Waals surface area contributed by atoms with Crippen molar-refractivity contribution in [2.75, 3.05) is 0 Å². The molecule has 0 spiro atoms. The fourth-order valence-electron chi connectivity index (χ4n) is 1.84. The Morgan fingerprint density at radius 3 is 2.84 bits per heavy atom. The quantitative estimate of drug-likeness (QED) is 0.390. The van der Waals surface area contributed by atoms with Gasteiger partial charge in [0.05, 0.1) is 17.6 Å². The summed E-state index contributed by atoms with van der Waals surface area (Å²) in [6.45, 7) is 4.14. The molecule has 0 saturated carbocycles. The highest BCUT2D eigenvalue weighted by molar-refractivity contribution is 7.98. The molecule has 0 saturated heterocycles. The molecule has 1 aromatic heterocycles. The van der Waals surface area contributed by atoms with E-state index in [1.807, 2.05) is 0 Å². The third kappa shape index (κ3) is 3.19. The summed E-state index contributed by atoms with van der Waals surface area (Å²) in [5.41, 5.74) is 5.06. The van der Waals surface area contributed by atoms with E-state index in [1.54, 1.807) is 17.8 Å². The SMILES string of the molecule is Cc1ccc(SCc2occc2C(=O)NN)c(C)c1. The van der Waals surface area contributed by atoms with E-state index in [-0.39, 0.29) is 5.91 Å². The van der Waals surface area contributed by atoms with Crippen LogP contribution in [0, 0.1) is 13.8 Å². The molecule has 2 aromatic rings. The van der Waals surface area contributed by atoms with E-state index in [1.165, 1.54) is 22.3 Å². The summed E-state index contributed by atoms with van der Waals surface area (Å²) in [7, 11) is 0. The van der Waals surface area contributed by atoms with Crippen molar-refractivity contribution in [2.45, 2.75) is 24.5 Å². The van der Waals surface area contributed by atoms with Crippen LogP contribution in [0.25, 0.3) is 0 Å². The van der Waals surface area contributed by atoms with Crippen molar-refractivity contribution >= 4 is 17.7 Å². The largest absolute Gasteiger partial charge is 0.468 e. The van der Waals surface area contributed by atoms with Crippen molar-refractivity contribution in [2.24, 2.45) is 5.84 Å². The average Bonchev–Trinajstić information content (AvgIpc) is 2.85. The molecule has 1 heterocycles. The third-order valence-electron chi connectivity index (χ3n) is 2.81. The summed E-state index contributed by atoms with van der Waals surface area (Å²) in [5.74, 6) is 6.03. The lowest BCUT2D eigenvalue weighted by molar-refractivity contribution is 0.0952. The number of hydrazine groups is 1. The maximum Gasteiger partial charge on any atom is 0.268 e. The number of hydrogen-bond donors (Lipinski definition) is 2. The number of nitrogens with two attached hydrogens (primary N) is 1. The third-order valence-corrected chi connectivity index (χ3v) is 3.99. The van der Waals surface area contributed by atoms with E-state index < -0.39 is 0 Å². The number of carbonyl (C=O) groups is 1.